The summed E-state index contributed by atoms with van der Waals surface area (Å²) in [6, 6.07) is 10.7. The zero-order valence-electron chi connectivity index (χ0n) is 12.2. The Kier molecular flexibility index (Phi) is 4.38. The number of para-hydroxylation sites is 1. The molecule has 3 nitrogen and oxygen atoms in total. The zero-order chi connectivity index (χ0) is 13.8. The fourth-order valence-corrected chi connectivity index (χ4v) is 3.09. The maximum Gasteiger partial charge on any atom is 0.0659 e. The van der Waals surface area contributed by atoms with Crippen LogP contribution in [0.25, 0.3) is 10.9 Å². The first kappa shape index (κ1) is 13.7. The van der Waals surface area contributed by atoms with Gasteiger partial charge in [0.15, 0.2) is 0 Å². The van der Waals surface area contributed by atoms with Crippen molar-refractivity contribution < 1.29 is 4.74 Å². The smallest absolute Gasteiger partial charge is 0.0659 e. The largest absolute Gasteiger partial charge is 0.383 e. The number of ether oxygens (including phenoxy) is 1. The first-order chi connectivity index (χ1) is 9.86. The quantitative estimate of drug-likeness (QED) is 0.832. The van der Waals surface area contributed by atoms with E-state index in [2.05, 4.69) is 46.0 Å². The van der Waals surface area contributed by atoms with Crippen molar-refractivity contribution in [2.75, 3.05) is 33.4 Å². The summed E-state index contributed by atoms with van der Waals surface area (Å²) in [4.78, 5) is 2.51. The van der Waals surface area contributed by atoms with E-state index in [0.29, 0.717) is 0 Å². The highest BCUT2D eigenvalue weighted by Crippen LogP contribution is 2.22. The van der Waals surface area contributed by atoms with Gasteiger partial charge in [0.2, 0.25) is 0 Å². The summed E-state index contributed by atoms with van der Waals surface area (Å²) in [6.07, 6.45) is 5.95. The Labute approximate surface area is 121 Å². The fourth-order valence-electron chi connectivity index (χ4n) is 3.09. The summed E-state index contributed by atoms with van der Waals surface area (Å²) >= 11 is 0. The molecule has 2 heterocycles. The third kappa shape index (κ3) is 3.05. The third-order valence-corrected chi connectivity index (χ3v) is 4.36. The second-order valence-electron chi connectivity index (χ2n) is 5.72. The number of piperidine rings is 1. The van der Waals surface area contributed by atoms with Crippen molar-refractivity contribution in [3.63, 3.8) is 0 Å². The molecule has 0 saturated carbocycles. The molecule has 107 valence electrons. The molecule has 0 N–H and O–H groups in total. The van der Waals surface area contributed by atoms with Crippen molar-refractivity contribution in [3.05, 3.63) is 36.5 Å². The molecule has 0 spiro atoms. The molecule has 0 bridgehead atoms. The number of rotatable bonds is 5. The molecule has 0 atom stereocenters. The normalized spacial score (nSPS) is 17.9. The van der Waals surface area contributed by atoms with Gasteiger partial charge in [-0.3, -0.25) is 0 Å². The fraction of sp³-hybridized carbons (Fsp3) is 0.529. The standard InChI is InChI=1S/C17H23N2O/c1-20-13-12-18-9-6-15(7-10-18)14-19-11-8-16-4-2-3-5-17(16)19/h2-5,8,15H,6-7,9-10,12-14H2,1H3. The van der Waals surface area contributed by atoms with Crippen LogP contribution in [0.2, 0.25) is 0 Å². The Morgan fingerprint density at radius 2 is 2.05 bits per heavy atom. The predicted octanol–water partition coefficient (Wildman–Crippen LogP) is 2.80. The van der Waals surface area contributed by atoms with Crippen LogP contribution in [-0.4, -0.2) is 42.8 Å². The molecular formula is C17H23N2O. The molecule has 1 aromatic carbocycles. The van der Waals surface area contributed by atoms with Crippen LogP contribution in [0.4, 0.5) is 0 Å². The van der Waals surface area contributed by atoms with E-state index in [0.717, 1.165) is 25.6 Å². The Bertz CT molecular complexity index is 541. The first-order valence-corrected chi connectivity index (χ1v) is 7.54. The molecule has 3 rings (SSSR count). The van der Waals surface area contributed by atoms with Gasteiger partial charge in [-0.05, 0) is 44.0 Å². The van der Waals surface area contributed by atoms with Crippen molar-refractivity contribution in [1.29, 1.82) is 0 Å². The molecule has 1 fully saturated rings. The van der Waals surface area contributed by atoms with E-state index in [9.17, 15) is 0 Å². The van der Waals surface area contributed by atoms with E-state index in [-0.39, 0.29) is 0 Å². The SMILES string of the molecule is COCCN1CCC(Cn2[c]cc3ccccc32)CC1. The molecule has 3 heteroatoms. The molecule has 2 aromatic rings. The van der Waals surface area contributed by atoms with Gasteiger partial charge in [-0.15, -0.1) is 0 Å². The Morgan fingerprint density at radius 3 is 2.85 bits per heavy atom. The van der Waals surface area contributed by atoms with Crippen LogP contribution in [0.3, 0.4) is 0 Å². The average Bonchev–Trinajstić information content (AvgIpc) is 2.90. The van der Waals surface area contributed by atoms with E-state index in [4.69, 9.17) is 4.74 Å². The zero-order valence-corrected chi connectivity index (χ0v) is 12.2. The number of hydrogen-bond acceptors (Lipinski definition) is 2. The summed E-state index contributed by atoms with van der Waals surface area (Å²) in [5, 5.41) is 1.30. The van der Waals surface area contributed by atoms with Crippen LogP contribution in [0.5, 0.6) is 0 Å². The molecule has 0 unspecified atom stereocenters. The first-order valence-electron chi connectivity index (χ1n) is 7.54. The summed E-state index contributed by atoms with van der Waals surface area (Å²) in [5.74, 6) is 0.779. The van der Waals surface area contributed by atoms with E-state index in [1.807, 2.05) is 0 Å². The molecule has 1 aliphatic heterocycles. The monoisotopic (exact) mass is 271 g/mol. The lowest BCUT2D eigenvalue weighted by molar-refractivity contribution is 0.117. The van der Waals surface area contributed by atoms with E-state index < -0.39 is 0 Å². The summed E-state index contributed by atoms with van der Waals surface area (Å²) in [6.45, 7) is 5.43. The molecule has 1 aliphatic rings. The van der Waals surface area contributed by atoms with E-state index in [1.165, 1.54) is 36.8 Å². The molecule has 0 aliphatic carbocycles. The van der Waals surface area contributed by atoms with E-state index in [1.54, 1.807) is 7.11 Å². The molecule has 20 heavy (non-hydrogen) atoms. The maximum atomic E-state index is 5.15. The van der Waals surface area contributed by atoms with Gasteiger partial charge in [-0.1, -0.05) is 18.2 Å². The number of benzene rings is 1. The highest BCUT2D eigenvalue weighted by Gasteiger charge is 2.19. The summed E-state index contributed by atoms with van der Waals surface area (Å²) in [5.41, 5.74) is 1.31. The number of aromatic nitrogens is 1. The number of hydrogen-bond donors (Lipinski definition) is 0. The van der Waals surface area contributed by atoms with Gasteiger partial charge in [0.1, 0.15) is 0 Å². The minimum Gasteiger partial charge on any atom is -0.383 e. The van der Waals surface area contributed by atoms with Gasteiger partial charge in [0.25, 0.3) is 0 Å². The van der Waals surface area contributed by atoms with Crippen molar-refractivity contribution >= 4 is 10.9 Å². The van der Waals surface area contributed by atoms with Gasteiger partial charge < -0.3 is 14.2 Å². The molecule has 1 aromatic heterocycles. The molecule has 1 radical (unpaired) electrons. The van der Waals surface area contributed by atoms with Crippen molar-refractivity contribution in [2.45, 2.75) is 19.4 Å². The average molecular weight is 271 g/mol. The number of fused-ring (bicyclic) bond motifs is 1. The van der Waals surface area contributed by atoms with Gasteiger partial charge in [0.05, 0.1) is 12.8 Å². The highest BCUT2D eigenvalue weighted by molar-refractivity contribution is 5.79. The van der Waals surface area contributed by atoms with Gasteiger partial charge >= 0.3 is 0 Å². The third-order valence-electron chi connectivity index (χ3n) is 4.36. The number of nitrogens with zero attached hydrogens (tertiary/aromatic N) is 2. The minimum absolute atomic E-state index is 0.779. The minimum atomic E-state index is 0.779. The second kappa shape index (κ2) is 6.42. The second-order valence-corrected chi connectivity index (χ2v) is 5.72. The Balaban J connectivity index is 1.57. The number of likely N-dealkylation sites (tertiary alicyclic amines) is 1. The maximum absolute atomic E-state index is 5.15. The lowest BCUT2D eigenvalue weighted by Crippen LogP contribution is -2.36. The van der Waals surface area contributed by atoms with Crippen LogP contribution in [-0.2, 0) is 11.3 Å². The predicted molar refractivity (Wildman–Crippen MR) is 81.8 cm³/mol. The van der Waals surface area contributed by atoms with Crippen LogP contribution < -0.4 is 0 Å². The highest BCUT2D eigenvalue weighted by atomic mass is 16.5. The van der Waals surface area contributed by atoms with Gasteiger partial charge in [-0.25, -0.2) is 0 Å². The summed E-state index contributed by atoms with van der Waals surface area (Å²) in [7, 11) is 1.78. The number of methoxy groups -OCH3 is 1. The van der Waals surface area contributed by atoms with E-state index >= 15 is 0 Å². The molecular weight excluding hydrogens is 248 g/mol. The summed E-state index contributed by atoms with van der Waals surface area (Å²) < 4.78 is 7.45. The van der Waals surface area contributed by atoms with Crippen LogP contribution in [0.1, 0.15) is 12.8 Å². The van der Waals surface area contributed by atoms with Gasteiger partial charge in [0, 0.05) is 31.1 Å². The van der Waals surface area contributed by atoms with Crippen molar-refractivity contribution in [2.24, 2.45) is 5.92 Å². The van der Waals surface area contributed by atoms with Crippen LogP contribution >= 0.6 is 0 Å². The van der Waals surface area contributed by atoms with Crippen LogP contribution in [0, 0.1) is 12.1 Å². The van der Waals surface area contributed by atoms with Crippen molar-refractivity contribution in [3.8, 4) is 0 Å². The lowest BCUT2D eigenvalue weighted by atomic mass is 9.96. The molecule has 1 saturated heterocycles. The lowest BCUT2D eigenvalue weighted by Gasteiger charge is -2.32. The van der Waals surface area contributed by atoms with Gasteiger partial charge in [-0.2, -0.15) is 0 Å². The topological polar surface area (TPSA) is 17.4 Å². The van der Waals surface area contributed by atoms with Crippen LogP contribution in [0.15, 0.2) is 30.3 Å². The Hall–Kier alpha value is -1.32. The Morgan fingerprint density at radius 1 is 1.25 bits per heavy atom. The molecule has 0 amide bonds. The van der Waals surface area contributed by atoms with Crippen molar-refractivity contribution in [1.82, 2.24) is 9.47 Å².